The van der Waals surface area contributed by atoms with Crippen LogP contribution in [0.5, 0.6) is 0 Å². The molecule has 1 amide bonds. The van der Waals surface area contributed by atoms with Crippen molar-refractivity contribution < 1.29 is 4.79 Å². The summed E-state index contributed by atoms with van der Waals surface area (Å²) in [6, 6.07) is 3.95. The van der Waals surface area contributed by atoms with Gasteiger partial charge < -0.3 is 4.90 Å². The molecule has 4 heteroatoms. The van der Waals surface area contributed by atoms with Crippen LogP contribution >= 0.6 is 15.9 Å². The number of alkyl halides is 1. The van der Waals surface area contributed by atoms with Crippen LogP contribution in [-0.4, -0.2) is 34.7 Å². The van der Waals surface area contributed by atoms with Crippen LogP contribution in [0, 0.1) is 0 Å². The van der Waals surface area contributed by atoms with Gasteiger partial charge in [0.1, 0.15) is 0 Å². The van der Waals surface area contributed by atoms with E-state index in [0.29, 0.717) is 6.42 Å². The lowest BCUT2D eigenvalue weighted by Gasteiger charge is -2.16. The van der Waals surface area contributed by atoms with Gasteiger partial charge in [0.05, 0.1) is 0 Å². The molecule has 0 spiro atoms. The number of pyridine rings is 1. The molecule has 0 aliphatic heterocycles. The van der Waals surface area contributed by atoms with Gasteiger partial charge in [-0.05, 0) is 24.1 Å². The monoisotopic (exact) mass is 270 g/mol. The van der Waals surface area contributed by atoms with Crippen molar-refractivity contribution >= 4 is 21.8 Å². The van der Waals surface area contributed by atoms with Crippen LogP contribution in [-0.2, 0) is 11.2 Å². The molecule has 82 valence electrons. The van der Waals surface area contributed by atoms with Gasteiger partial charge in [-0.3, -0.25) is 9.78 Å². The third kappa shape index (κ3) is 4.42. The van der Waals surface area contributed by atoms with E-state index in [9.17, 15) is 4.79 Å². The highest BCUT2D eigenvalue weighted by Crippen LogP contribution is 2.00. The lowest BCUT2D eigenvalue weighted by molar-refractivity contribution is -0.129. The van der Waals surface area contributed by atoms with E-state index < -0.39 is 0 Å². The maximum Gasteiger partial charge on any atom is 0.223 e. The van der Waals surface area contributed by atoms with Crippen LogP contribution in [0.4, 0.5) is 0 Å². The number of carbonyl (C=O) groups is 1. The van der Waals surface area contributed by atoms with E-state index in [0.717, 1.165) is 18.3 Å². The number of nitrogens with zero attached hydrogens (tertiary/aromatic N) is 2. The van der Waals surface area contributed by atoms with Crippen molar-refractivity contribution in [2.75, 3.05) is 18.9 Å². The molecular weight excluding hydrogens is 256 g/mol. The zero-order chi connectivity index (χ0) is 11.1. The minimum Gasteiger partial charge on any atom is -0.345 e. The van der Waals surface area contributed by atoms with Crippen LogP contribution in [0.15, 0.2) is 24.5 Å². The molecule has 1 heterocycles. The summed E-state index contributed by atoms with van der Waals surface area (Å²) in [7, 11) is 1.84. The topological polar surface area (TPSA) is 33.2 Å². The average Bonchev–Trinajstić information content (AvgIpc) is 2.27. The second-order valence-electron chi connectivity index (χ2n) is 3.36. The third-order valence-electron chi connectivity index (χ3n) is 2.22. The Morgan fingerprint density at radius 1 is 1.47 bits per heavy atom. The second kappa shape index (κ2) is 6.56. The average molecular weight is 271 g/mol. The fourth-order valence-corrected chi connectivity index (χ4v) is 1.58. The largest absolute Gasteiger partial charge is 0.345 e. The highest BCUT2D eigenvalue weighted by atomic mass is 79.9. The lowest BCUT2D eigenvalue weighted by Crippen LogP contribution is -2.28. The molecule has 3 nitrogen and oxygen atoms in total. The van der Waals surface area contributed by atoms with Crippen molar-refractivity contribution in [3.05, 3.63) is 30.1 Å². The first kappa shape index (κ1) is 12.2. The maximum atomic E-state index is 11.4. The molecule has 0 bridgehead atoms. The number of carbonyl (C=O) groups excluding carboxylic acids is 1. The van der Waals surface area contributed by atoms with Gasteiger partial charge in [0, 0.05) is 37.7 Å². The summed E-state index contributed by atoms with van der Waals surface area (Å²) >= 11 is 3.26. The summed E-state index contributed by atoms with van der Waals surface area (Å²) in [6.45, 7) is 0.760. The first-order chi connectivity index (χ1) is 7.24. The number of hydrogen-bond acceptors (Lipinski definition) is 2. The molecule has 1 aromatic rings. The molecule has 0 radical (unpaired) electrons. The van der Waals surface area contributed by atoms with E-state index in [-0.39, 0.29) is 5.91 Å². The van der Waals surface area contributed by atoms with Gasteiger partial charge in [-0.1, -0.05) is 15.9 Å². The predicted octanol–water partition coefficient (Wildman–Crippen LogP) is 1.87. The molecule has 0 unspecified atom stereocenters. The van der Waals surface area contributed by atoms with Gasteiger partial charge in [-0.2, -0.15) is 0 Å². The van der Waals surface area contributed by atoms with Crippen LogP contribution in [0.25, 0.3) is 0 Å². The molecule has 1 rings (SSSR count). The second-order valence-corrected chi connectivity index (χ2v) is 4.15. The summed E-state index contributed by atoms with van der Waals surface area (Å²) in [5, 5.41) is 0.728. The summed E-state index contributed by atoms with van der Waals surface area (Å²) < 4.78 is 0. The quantitative estimate of drug-likeness (QED) is 0.766. The Hall–Kier alpha value is -0.900. The molecular formula is C11H15BrN2O. The number of hydrogen-bond donors (Lipinski definition) is 0. The smallest absolute Gasteiger partial charge is 0.223 e. The van der Waals surface area contributed by atoms with Crippen molar-refractivity contribution in [3.8, 4) is 0 Å². The third-order valence-corrected chi connectivity index (χ3v) is 2.62. The molecule has 0 saturated heterocycles. The molecule has 0 aliphatic rings. The first-order valence-electron chi connectivity index (χ1n) is 4.93. The van der Waals surface area contributed by atoms with E-state index in [2.05, 4.69) is 20.9 Å². The molecule has 0 fully saturated rings. The number of likely N-dealkylation sites (N-methyl/N-ethyl adjacent to an activating group) is 1. The standard InChI is InChI=1S/C11H15BrN2O/c1-14(11(15)2-6-12)9-5-10-3-7-13-8-4-10/h3-4,7-8H,2,5-6,9H2,1H3. The van der Waals surface area contributed by atoms with Gasteiger partial charge in [-0.25, -0.2) is 0 Å². The van der Waals surface area contributed by atoms with Crippen molar-refractivity contribution in [1.82, 2.24) is 9.88 Å². The molecule has 0 N–H and O–H groups in total. The highest BCUT2D eigenvalue weighted by molar-refractivity contribution is 9.09. The Kier molecular flexibility index (Phi) is 5.32. The zero-order valence-electron chi connectivity index (χ0n) is 8.82. The Morgan fingerprint density at radius 3 is 2.73 bits per heavy atom. The number of amides is 1. The molecule has 0 aliphatic carbocycles. The van der Waals surface area contributed by atoms with Crippen LogP contribution < -0.4 is 0 Å². The predicted molar refractivity (Wildman–Crippen MR) is 64.0 cm³/mol. The zero-order valence-corrected chi connectivity index (χ0v) is 10.4. The van der Waals surface area contributed by atoms with E-state index in [1.54, 1.807) is 17.3 Å². The van der Waals surface area contributed by atoms with E-state index >= 15 is 0 Å². The van der Waals surface area contributed by atoms with Crippen LogP contribution in [0.2, 0.25) is 0 Å². The summed E-state index contributed by atoms with van der Waals surface area (Å²) in [6.07, 6.45) is 4.99. The summed E-state index contributed by atoms with van der Waals surface area (Å²) in [5.41, 5.74) is 1.21. The van der Waals surface area contributed by atoms with E-state index in [4.69, 9.17) is 0 Å². The van der Waals surface area contributed by atoms with E-state index in [1.165, 1.54) is 5.56 Å². The normalized spacial score (nSPS) is 10.0. The van der Waals surface area contributed by atoms with Gasteiger partial charge in [0.15, 0.2) is 0 Å². The molecule has 0 atom stereocenters. The van der Waals surface area contributed by atoms with Gasteiger partial charge >= 0.3 is 0 Å². The Morgan fingerprint density at radius 2 is 2.13 bits per heavy atom. The lowest BCUT2D eigenvalue weighted by atomic mass is 10.2. The first-order valence-corrected chi connectivity index (χ1v) is 6.05. The molecule has 0 aromatic carbocycles. The van der Waals surface area contributed by atoms with Crippen molar-refractivity contribution in [2.24, 2.45) is 0 Å². The number of rotatable bonds is 5. The fraction of sp³-hybridized carbons (Fsp3) is 0.455. The highest BCUT2D eigenvalue weighted by Gasteiger charge is 2.06. The summed E-state index contributed by atoms with van der Waals surface area (Å²) in [4.78, 5) is 17.2. The SMILES string of the molecule is CN(CCc1ccncc1)C(=O)CCBr. The Bertz CT molecular complexity index is 303. The van der Waals surface area contributed by atoms with E-state index in [1.807, 2.05) is 19.2 Å². The Labute approximate surface area is 98.6 Å². The van der Waals surface area contributed by atoms with Gasteiger partial charge in [0.25, 0.3) is 0 Å². The molecule has 0 saturated carbocycles. The Balaban J connectivity index is 2.34. The van der Waals surface area contributed by atoms with Crippen molar-refractivity contribution in [3.63, 3.8) is 0 Å². The van der Waals surface area contributed by atoms with Crippen LogP contribution in [0.3, 0.4) is 0 Å². The van der Waals surface area contributed by atoms with Crippen molar-refractivity contribution in [2.45, 2.75) is 12.8 Å². The number of halogens is 1. The van der Waals surface area contributed by atoms with Gasteiger partial charge in [-0.15, -0.1) is 0 Å². The van der Waals surface area contributed by atoms with Gasteiger partial charge in [0.2, 0.25) is 5.91 Å². The fourth-order valence-electron chi connectivity index (χ4n) is 1.24. The molecule has 1 aromatic heterocycles. The molecule has 15 heavy (non-hydrogen) atoms. The minimum absolute atomic E-state index is 0.181. The minimum atomic E-state index is 0.181. The maximum absolute atomic E-state index is 11.4. The number of aromatic nitrogens is 1. The van der Waals surface area contributed by atoms with Crippen LogP contribution in [0.1, 0.15) is 12.0 Å². The van der Waals surface area contributed by atoms with Crippen molar-refractivity contribution in [1.29, 1.82) is 0 Å². The summed E-state index contributed by atoms with van der Waals surface area (Å²) in [5.74, 6) is 0.181.